The summed E-state index contributed by atoms with van der Waals surface area (Å²) in [7, 11) is 0. The van der Waals surface area contributed by atoms with Crippen molar-refractivity contribution in [2.24, 2.45) is 0 Å². The van der Waals surface area contributed by atoms with Crippen molar-refractivity contribution in [1.82, 2.24) is 14.9 Å². The molecule has 0 aliphatic carbocycles. The van der Waals surface area contributed by atoms with Crippen molar-refractivity contribution in [3.05, 3.63) is 23.5 Å². The maximum absolute atomic E-state index is 12.0. The lowest BCUT2D eigenvalue weighted by Crippen LogP contribution is -2.46. The van der Waals surface area contributed by atoms with Crippen LogP contribution in [0.1, 0.15) is 48.0 Å². The number of imidazole rings is 1. The Morgan fingerprint density at radius 2 is 1.90 bits per heavy atom. The van der Waals surface area contributed by atoms with Crippen molar-refractivity contribution in [1.29, 1.82) is 0 Å². The second-order valence-corrected chi connectivity index (χ2v) is 8.61. The van der Waals surface area contributed by atoms with Crippen LogP contribution in [0.3, 0.4) is 0 Å². The van der Waals surface area contributed by atoms with Crippen LogP contribution in [-0.2, 0) is 16.0 Å². The van der Waals surface area contributed by atoms with Gasteiger partial charge in [0.15, 0.2) is 5.75 Å². The van der Waals surface area contributed by atoms with Gasteiger partial charge in [-0.15, -0.1) is 0 Å². The molecule has 0 spiro atoms. The van der Waals surface area contributed by atoms with Gasteiger partial charge in [-0.2, -0.15) is 0 Å². The van der Waals surface area contributed by atoms with Crippen LogP contribution in [0, 0.1) is 0 Å². The van der Waals surface area contributed by atoms with Crippen LogP contribution < -0.4 is 10.1 Å². The zero-order valence-electron chi connectivity index (χ0n) is 17.7. The summed E-state index contributed by atoms with van der Waals surface area (Å²) in [4.78, 5) is 27.9. The van der Waals surface area contributed by atoms with E-state index in [1.807, 2.05) is 39.2 Å². The topological polar surface area (TPSA) is 91.7 Å². The highest BCUT2D eigenvalue weighted by atomic mass is 35.5. The first-order valence-electron chi connectivity index (χ1n) is 9.41. The third-order valence-electron chi connectivity index (χ3n) is 3.97. The zero-order chi connectivity index (χ0) is 21.8. The summed E-state index contributed by atoms with van der Waals surface area (Å²) in [6, 6.07) is 3.38. The second kappa shape index (κ2) is 8.90. The van der Waals surface area contributed by atoms with Gasteiger partial charge in [0.2, 0.25) is 0 Å². The minimum Gasteiger partial charge on any atom is -0.444 e. The van der Waals surface area contributed by atoms with Crippen LogP contribution in [0.15, 0.2) is 18.5 Å². The second-order valence-electron chi connectivity index (χ2n) is 8.23. The lowest BCUT2D eigenvalue weighted by molar-refractivity contribution is 0.0466. The molecule has 29 heavy (non-hydrogen) atoms. The van der Waals surface area contributed by atoms with Crippen LogP contribution >= 0.6 is 11.6 Å². The van der Waals surface area contributed by atoms with Crippen LogP contribution in [0.4, 0.5) is 9.59 Å². The predicted octanol–water partition coefficient (Wildman–Crippen LogP) is 4.92. The summed E-state index contributed by atoms with van der Waals surface area (Å²) < 4.78 is 17.1. The molecule has 8 nitrogen and oxygen atoms in total. The van der Waals surface area contributed by atoms with E-state index in [0.29, 0.717) is 18.5 Å². The van der Waals surface area contributed by atoms with E-state index in [9.17, 15) is 9.59 Å². The summed E-state index contributed by atoms with van der Waals surface area (Å²) in [5.41, 5.74) is 0.266. The van der Waals surface area contributed by atoms with E-state index >= 15 is 0 Å². The molecule has 1 amide bonds. The number of halogens is 1. The van der Waals surface area contributed by atoms with E-state index in [4.69, 9.17) is 25.8 Å². The molecule has 1 N–H and O–H groups in total. The smallest absolute Gasteiger partial charge is 0.444 e. The van der Waals surface area contributed by atoms with Gasteiger partial charge < -0.3 is 24.1 Å². The first kappa shape index (κ1) is 22.8. The fraction of sp³-hybridized carbons (Fsp3) is 0.550. The Labute approximate surface area is 175 Å². The Morgan fingerprint density at radius 3 is 2.52 bits per heavy atom. The van der Waals surface area contributed by atoms with Crippen LogP contribution in [0.5, 0.6) is 5.75 Å². The predicted molar refractivity (Wildman–Crippen MR) is 110 cm³/mol. The van der Waals surface area contributed by atoms with Gasteiger partial charge >= 0.3 is 12.2 Å². The van der Waals surface area contributed by atoms with Crippen molar-refractivity contribution in [2.45, 2.75) is 65.6 Å². The summed E-state index contributed by atoms with van der Waals surface area (Å²) in [6.07, 6.45) is 1.02. The van der Waals surface area contributed by atoms with Crippen molar-refractivity contribution in [3.8, 4) is 5.75 Å². The number of carbonyl (C=O) groups is 2. The Kier molecular flexibility index (Phi) is 7.00. The van der Waals surface area contributed by atoms with E-state index < -0.39 is 23.4 Å². The van der Waals surface area contributed by atoms with Gasteiger partial charge in [-0.05, 0) is 60.1 Å². The molecule has 0 aliphatic heterocycles. The highest BCUT2D eigenvalue weighted by molar-refractivity contribution is 6.36. The number of amides is 1. The number of rotatable bonds is 6. The van der Waals surface area contributed by atoms with Gasteiger partial charge in [0.05, 0.1) is 18.5 Å². The van der Waals surface area contributed by atoms with E-state index in [2.05, 4.69) is 10.3 Å². The Bertz CT molecular complexity index is 886. The van der Waals surface area contributed by atoms with Crippen LogP contribution in [-0.4, -0.2) is 39.5 Å². The third-order valence-corrected chi connectivity index (χ3v) is 4.33. The molecule has 0 saturated carbocycles. The summed E-state index contributed by atoms with van der Waals surface area (Å²) in [6.45, 7) is 11.8. The highest BCUT2D eigenvalue weighted by Gasteiger charge is 2.25. The summed E-state index contributed by atoms with van der Waals surface area (Å²) in [5.74, 6) is 0.190. The number of nitrogens with zero attached hydrogens (tertiary/aromatic N) is 2. The van der Waals surface area contributed by atoms with Crippen LogP contribution in [0.25, 0.3) is 11.0 Å². The van der Waals surface area contributed by atoms with Gasteiger partial charge in [-0.25, -0.2) is 14.6 Å². The largest absolute Gasteiger partial charge is 0.513 e. The summed E-state index contributed by atoms with van der Waals surface area (Å²) >= 11 is 6.34. The molecular weight excluding hydrogens is 398 g/mol. The third kappa shape index (κ3) is 6.52. The average molecular weight is 426 g/mol. The van der Waals surface area contributed by atoms with Gasteiger partial charge in [-0.3, -0.25) is 0 Å². The Balaban J connectivity index is 2.08. The minimum absolute atomic E-state index is 0.190. The molecule has 0 fully saturated rings. The first-order valence-corrected chi connectivity index (χ1v) is 9.79. The monoisotopic (exact) mass is 425 g/mol. The molecule has 0 bridgehead atoms. The maximum atomic E-state index is 12.0. The highest BCUT2D eigenvalue weighted by Crippen LogP contribution is 2.32. The molecular formula is C20H28ClN3O5. The standard InChI is InChI=1S/C20H28ClN3O5/c1-7-27-18(26)28-14-9-8-13-16(15(14)21)22-12-24(13)11-10-20(5,6)23-17(25)29-19(2,3)4/h8-9,12H,7,10-11H2,1-6H3,(H,23,25). The lowest BCUT2D eigenvalue weighted by Gasteiger charge is -2.28. The number of alkyl carbamates (subject to hydrolysis) is 1. The van der Waals surface area contributed by atoms with E-state index in [0.717, 1.165) is 5.52 Å². The molecule has 2 rings (SSSR count). The lowest BCUT2D eigenvalue weighted by atomic mass is 10.0. The maximum Gasteiger partial charge on any atom is 0.513 e. The van der Waals surface area contributed by atoms with Crippen molar-refractivity contribution >= 4 is 34.9 Å². The number of aryl methyl sites for hydroxylation is 1. The van der Waals surface area contributed by atoms with Gasteiger partial charge in [0.1, 0.15) is 16.1 Å². The first-order chi connectivity index (χ1) is 13.4. The van der Waals surface area contributed by atoms with Gasteiger partial charge in [-0.1, -0.05) is 11.6 Å². The van der Waals surface area contributed by atoms with Crippen molar-refractivity contribution in [2.75, 3.05) is 6.61 Å². The molecule has 0 unspecified atom stereocenters. The molecule has 1 aromatic heterocycles. The number of ether oxygens (including phenoxy) is 3. The molecule has 160 valence electrons. The fourth-order valence-corrected chi connectivity index (χ4v) is 2.86. The normalized spacial score (nSPS) is 12.0. The van der Waals surface area contributed by atoms with Gasteiger partial charge in [0.25, 0.3) is 0 Å². The van der Waals surface area contributed by atoms with Crippen LogP contribution in [0.2, 0.25) is 5.02 Å². The molecule has 0 aliphatic rings. The fourth-order valence-electron chi connectivity index (χ4n) is 2.62. The summed E-state index contributed by atoms with van der Waals surface area (Å²) in [5, 5.41) is 3.12. The molecule has 0 atom stereocenters. The number of fused-ring (bicyclic) bond motifs is 1. The zero-order valence-corrected chi connectivity index (χ0v) is 18.4. The molecule has 1 aromatic carbocycles. The van der Waals surface area contributed by atoms with Crippen molar-refractivity contribution < 1.29 is 23.8 Å². The number of carbonyl (C=O) groups excluding carboxylic acids is 2. The van der Waals surface area contributed by atoms with Crippen molar-refractivity contribution in [3.63, 3.8) is 0 Å². The van der Waals surface area contributed by atoms with Gasteiger partial charge in [0, 0.05) is 12.1 Å². The van der Waals surface area contributed by atoms with E-state index in [1.54, 1.807) is 25.4 Å². The molecule has 9 heteroatoms. The number of benzene rings is 1. The molecule has 0 radical (unpaired) electrons. The number of aromatic nitrogens is 2. The van der Waals surface area contributed by atoms with E-state index in [-0.39, 0.29) is 17.4 Å². The molecule has 0 saturated heterocycles. The quantitative estimate of drug-likeness (QED) is 0.521. The average Bonchev–Trinajstić information content (AvgIpc) is 2.97. The Morgan fingerprint density at radius 1 is 1.21 bits per heavy atom. The number of hydrogen-bond acceptors (Lipinski definition) is 6. The SMILES string of the molecule is CCOC(=O)Oc1ccc2c(ncn2CCC(C)(C)NC(=O)OC(C)(C)C)c1Cl. The number of hydrogen-bond donors (Lipinski definition) is 1. The minimum atomic E-state index is -0.817. The molecule has 1 heterocycles. The van der Waals surface area contributed by atoms with E-state index in [1.165, 1.54) is 0 Å². The molecule has 2 aromatic rings. The number of nitrogens with one attached hydrogen (secondary N) is 1. The Hall–Kier alpha value is -2.48.